The molecule has 0 radical (unpaired) electrons. The maximum Gasteiger partial charge on any atom is 0.331 e. The number of pyridine rings is 1. The Hall–Kier alpha value is -3.95. The van der Waals surface area contributed by atoms with Crippen molar-refractivity contribution in [3.05, 3.63) is 71.2 Å². The third-order valence-electron chi connectivity index (χ3n) is 6.47. The molecule has 0 unspecified atom stereocenters. The molecule has 3 amide bonds. The number of nitrogens with one attached hydrogen (secondary N) is 3. The predicted molar refractivity (Wildman–Crippen MR) is 142 cm³/mol. The number of aromatic nitrogens is 1. The van der Waals surface area contributed by atoms with Crippen LogP contribution in [0.15, 0.2) is 60.8 Å². The van der Waals surface area contributed by atoms with Crippen LogP contribution in [0.1, 0.15) is 28.1 Å². The van der Waals surface area contributed by atoms with Crippen LogP contribution < -0.4 is 25.6 Å². The monoisotopic (exact) mass is 499 g/mol. The van der Waals surface area contributed by atoms with Crippen LogP contribution in [0.25, 0.3) is 10.2 Å². The van der Waals surface area contributed by atoms with Crippen molar-refractivity contribution in [2.45, 2.75) is 25.8 Å². The summed E-state index contributed by atoms with van der Waals surface area (Å²) >= 11 is 1.30. The number of anilines is 3. The van der Waals surface area contributed by atoms with E-state index in [9.17, 15) is 9.59 Å². The van der Waals surface area contributed by atoms with Gasteiger partial charge in [0.05, 0.1) is 22.4 Å². The molecule has 0 aliphatic carbocycles. The average Bonchev–Trinajstić information content (AvgIpc) is 3.26. The molecular weight excluding hydrogens is 474 g/mol. The van der Waals surface area contributed by atoms with E-state index in [4.69, 9.17) is 4.74 Å². The number of benzene rings is 2. The van der Waals surface area contributed by atoms with E-state index in [1.54, 1.807) is 11.1 Å². The van der Waals surface area contributed by atoms with Gasteiger partial charge in [0.15, 0.2) is 0 Å². The Bertz CT molecular complexity index is 1460. The number of aryl methyl sites for hydroxylation is 1. The molecule has 0 bridgehead atoms. The minimum atomic E-state index is -0.318. The Morgan fingerprint density at radius 2 is 2.00 bits per heavy atom. The fourth-order valence-electron chi connectivity index (χ4n) is 4.78. The van der Waals surface area contributed by atoms with Gasteiger partial charge in [0.25, 0.3) is 5.91 Å². The second-order valence-corrected chi connectivity index (χ2v) is 9.96. The molecule has 3 N–H and O–H groups in total. The normalized spacial score (nSPS) is 17.1. The van der Waals surface area contributed by atoms with Gasteiger partial charge < -0.3 is 20.7 Å². The number of amides is 3. The molecule has 4 heterocycles. The lowest BCUT2D eigenvalue weighted by atomic mass is 10.1. The van der Waals surface area contributed by atoms with Crippen molar-refractivity contribution >= 4 is 50.6 Å². The van der Waals surface area contributed by atoms with E-state index in [0.29, 0.717) is 26.8 Å². The van der Waals surface area contributed by atoms with Crippen LogP contribution in [-0.4, -0.2) is 36.1 Å². The second-order valence-electron chi connectivity index (χ2n) is 8.96. The SMILES string of the molecule is Cc1cc(Oc2ccccc2)ccc1N1C(=O)Nc2c(C(=O)N[C@@H]3CCCNC3)sc3nccc1c23. The molecule has 8 nitrogen and oxygen atoms in total. The molecule has 6 rings (SSSR count). The number of ether oxygens (including phenoxy) is 1. The number of hydrogen-bond acceptors (Lipinski definition) is 6. The molecule has 1 fully saturated rings. The quantitative estimate of drug-likeness (QED) is 0.334. The van der Waals surface area contributed by atoms with Gasteiger partial charge in [-0.2, -0.15) is 0 Å². The van der Waals surface area contributed by atoms with E-state index in [1.807, 2.05) is 61.5 Å². The average molecular weight is 500 g/mol. The molecule has 0 saturated carbocycles. The van der Waals surface area contributed by atoms with Crippen LogP contribution in [0.2, 0.25) is 0 Å². The van der Waals surface area contributed by atoms with E-state index in [2.05, 4.69) is 20.9 Å². The predicted octanol–water partition coefficient (Wildman–Crippen LogP) is 5.56. The van der Waals surface area contributed by atoms with Gasteiger partial charge in [0.2, 0.25) is 0 Å². The highest BCUT2D eigenvalue weighted by Crippen LogP contribution is 2.46. The fourth-order valence-corrected chi connectivity index (χ4v) is 5.80. The van der Waals surface area contributed by atoms with Gasteiger partial charge in [-0.15, -0.1) is 11.3 Å². The molecule has 4 aromatic rings. The Labute approximate surface area is 212 Å². The lowest BCUT2D eigenvalue weighted by Crippen LogP contribution is -2.45. The van der Waals surface area contributed by atoms with Crippen molar-refractivity contribution < 1.29 is 14.3 Å². The maximum atomic E-state index is 13.4. The standard InChI is InChI=1S/C27H25N5O3S/c1-16-14-19(35-18-7-3-2-4-8-18)9-10-20(16)32-21-11-13-29-26-22(21)23(31-27(32)34)24(36-26)25(33)30-17-6-5-12-28-15-17/h2-4,7-11,13-14,17,28H,5-6,12,15H2,1H3,(H,30,33)(H,31,34)/t17-/m1/s1. The largest absolute Gasteiger partial charge is 0.457 e. The van der Waals surface area contributed by atoms with Crippen molar-refractivity contribution in [3.8, 4) is 11.5 Å². The Kier molecular flexibility index (Phi) is 5.79. The zero-order valence-electron chi connectivity index (χ0n) is 19.7. The van der Waals surface area contributed by atoms with Gasteiger partial charge >= 0.3 is 6.03 Å². The fraction of sp³-hybridized carbons (Fsp3) is 0.222. The van der Waals surface area contributed by atoms with Gasteiger partial charge in [-0.05, 0) is 68.3 Å². The number of rotatable bonds is 5. The first kappa shape index (κ1) is 22.5. The molecule has 0 spiro atoms. The molecule has 9 heteroatoms. The Morgan fingerprint density at radius 3 is 2.78 bits per heavy atom. The number of hydrogen-bond donors (Lipinski definition) is 3. The number of carbonyl (C=O) groups excluding carboxylic acids is 2. The van der Waals surface area contributed by atoms with Crippen molar-refractivity contribution in [1.82, 2.24) is 15.6 Å². The Morgan fingerprint density at radius 1 is 1.14 bits per heavy atom. The zero-order valence-corrected chi connectivity index (χ0v) is 20.5. The first-order chi connectivity index (χ1) is 17.6. The summed E-state index contributed by atoms with van der Waals surface area (Å²) in [7, 11) is 0. The highest BCUT2D eigenvalue weighted by molar-refractivity contribution is 7.21. The molecule has 1 saturated heterocycles. The van der Waals surface area contributed by atoms with Gasteiger partial charge in [-0.25, -0.2) is 9.78 Å². The van der Waals surface area contributed by atoms with Gasteiger partial charge in [0.1, 0.15) is 21.2 Å². The number of thiophene rings is 1. The van der Waals surface area contributed by atoms with Crippen LogP contribution in [-0.2, 0) is 0 Å². The summed E-state index contributed by atoms with van der Waals surface area (Å²) in [4.78, 5) is 33.9. The van der Waals surface area contributed by atoms with E-state index in [1.165, 1.54) is 11.3 Å². The number of para-hydroxylation sites is 1. The van der Waals surface area contributed by atoms with Crippen LogP contribution in [0.3, 0.4) is 0 Å². The minimum Gasteiger partial charge on any atom is -0.457 e. The van der Waals surface area contributed by atoms with Gasteiger partial charge in [-0.1, -0.05) is 18.2 Å². The van der Waals surface area contributed by atoms with E-state index >= 15 is 0 Å². The Balaban J connectivity index is 1.34. The van der Waals surface area contributed by atoms with Crippen LogP contribution in [0.5, 0.6) is 11.5 Å². The number of carbonyl (C=O) groups is 2. The summed E-state index contributed by atoms with van der Waals surface area (Å²) in [5.41, 5.74) is 2.84. The summed E-state index contributed by atoms with van der Waals surface area (Å²) in [6.07, 6.45) is 3.64. The van der Waals surface area contributed by atoms with Crippen LogP contribution in [0.4, 0.5) is 21.9 Å². The topological polar surface area (TPSA) is 95.6 Å². The molecule has 2 aromatic carbocycles. The first-order valence-corrected chi connectivity index (χ1v) is 12.8. The number of piperidine rings is 1. The van der Waals surface area contributed by atoms with Crippen LogP contribution in [0, 0.1) is 6.92 Å². The second kappa shape index (κ2) is 9.25. The summed E-state index contributed by atoms with van der Waals surface area (Å²) in [6, 6.07) is 16.8. The lowest BCUT2D eigenvalue weighted by Gasteiger charge is -2.30. The van der Waals surface area contributed by atoms with Crippen molar-refractivity contribution in [2.24, 2.45) is 0 Å². The third-order valence-corrected chi connectivity index (χ3v) is 7.57. The van der Waals surface area contributed by atoms with Gasteiger partial charge in [-0.3, -0.25) is 9.69 Å². The lowest BCUT2D eigenvalue weighted by molar-refractivity contribution is 0.0935. The molecule has 36 heavy (non-hydrogen) atoms. The number of urea groups is 1. The summed E-state index contributed by atoms with van der Waals surface area (Å²) < 4.78 is 5.96. The zero-order chi connectivity index (χ0) is 24.6. The van der Waals surface area contributed by atoms with E-state index < -0.39 is 0 Å². The third kappa shape index (κ3) is 4.06. The van der Waals surface area contributed by atoms with Crippen molar-refractivity contribution in [2.75, 3.05) is 23.3 Å². The molecule has 2 aliphatic rings. The first-order valence-electron chi connectivity index (χ1n) is 12.0. The maximum absolute atomic E-state index is 13.4. The number of nitrogens with zero attached hydrogens (tertiary/aromatic N) is 2. The van der Waals surface area contributed by atoms with Crippen molar-refractivity contribution in [3.63, 3.8) is 0 Å². The molecular formula is C27H25N5O3S. The minimum absolute atomic E-state index is 0.0751. The highest BCUT2D eigenvalue weighted by Gasteiger charge is 2.33. The summed E-state index contributed by atoms with van der Waals surface area (Å²) in [6.45, 7) is 3.66. The molecule has 1 atom stereocenters. The van der Waals surface area contributed by atoms with Crippen LogP contribution >= 0.6 is 11.3 Å². The molecule has 2 aromatic heterocycles. The molecule has 182 valence electrons. The van der Waals surface area contributed by atoms with Crippen molar-refractivity contribution in [1.29, 1.82) is 0 Å². The van der Waals surface area contributed by atoms with E-state index in [0.717, 1.165) is 48.3 Å². The summed E-state index contributed by atoms with van der Waals surface area (Å²) in [5, 5.41) is 10.2. The molecule has 2 aliphatic heterocycles. The smallest absolute Gasteiger partial charge is 0.331 e. The summed E-state index contributed by atoms with van der Waals surface area (Å²) in [5.74, 6) is 1.25. The van der Waals surface area contributed by atoms with E-state index in [-0.39, 0.29) is 18.0 Å². The highest BCUT2D eigenvalue weighted by atomic mass is 32.1. The van der Waals surface area contributed by atoms with Gasteiger partial charge in [0, 0.05) is 18.8 Å².